The fraction of sp³-hybridized carbons (Fsp3) is 0.545. The van der Waals surface area contributed by atoms with E-state index in [1.54, 1.807) is 6.20 Å². The summed E-state index contributed by atoms with van der Waals surface area (Å²) in [6.45, 7) is 2.55. The highest BCUT2D eigenvalue weighted by molar-refractivity contribution is 7.09. The number of urea groups is 1. The molecule has 1 aliphatic rings. The number of carboxylic acids is 1. The molecule has 98 valence electrons. The lowest BCUT2D eigenvalue weighted by Crippen LogP contribution is -2.56. The van der Waals surface area contributed by atoms with Crippen LogP contribution in [-0.2, 0) is 4.79 Å². The van der Waals surface area contributed by atoms with Crippen LogP contribution < -0.4 is 5.32 Å². The van der Waals surface area contributed by atoms with E-state index in [2.05, 4.69) is 10.3 Å². The zero-order valence-electron chi connectivity index (χ0n) is 10.00. The molecule has 0 aliphatic carbocycles. The highest BCUT2D eigenvalue weighted by atomic mass is 32.1. The van der Waals surface area contributed by atoms with Gasteiger partial charge in [0.05, 0.1) is 12.0 Å². The third-order valence-electron chi connectivity index (χ3n) is 2.97. The van der Waals surface area contributed by atoms with Crippen LogP contribution in [0.25, 0.3) is 0 Å². The fourth-order valence-corrected chi connectivity index (χ4v) is 2.56. The molecular formula is C11H15N3O3S. The Morgan fingerprint density at radius 2 is 2.39 bits per heavy atom. The molecule has 1 unspecified atom stereocenters. The third-order valence-corrected chi connectivity index (χ3v) is 3.86. The predicted molar refractivity (Wildman–Crippen MR) is 66.4 cm³/mol. The molecule has 18 heavy (non-hydrogen) atoms. The van der Waals surface area contributed by atoms with Crippen molar-refractivity contribution >= 4 is 23.3 Å². The van der Waals surface area contributed by atoms with Gasteiger partial charge in [-0.2, -0.15) is 0 Å². The lowest BCUT2D eigenvalue weighted by atomic mass is 10.0. The van der Waals surface area contributed by atoms with Crippen molar-refractivity contribution in [2.24, 2.45) is 5.92 Å². The summed E-state index contributed by atoms with van der Waals surface area (Å²) in [7, 11) is 0. The van der Waals surface area contributed by atoms with Gasteiger partial charge in [0, 0.05) is 24.7 Å². The Kier molecular flexibility index (Phi) is 3.81. The van der Waals surface area contributed by atoms with Crippen LogP contribution in [0.1, 0.15) is 24.4 Å². The summed E-state index contributed by atoms with van der Waals surface area (Å²) >= 11 is 1.50. The molecule has 1 saturated heterocycles. The van der Waals surface area contributed by atoms with Crippen molar-refractivity contribution in [3.63, 3.8) is 0 Å². The molecule has 0 bridgehead atoms. The Bertz CT molecular complexity index is 429. The molecular weight excluding hydrogens is 254 g/mol. The Morgan fingerprint density at radius 1 is 1.67 bits per heavy atom. The minimum atomic E-state index is -0.842. The Labute approximate surface area is 109 Å². The van der Waals surface area contributed by atoms with Crippen molar-refractivity contribution in [3.05, 3.63) is 16.6 Å². The Balaban J connectivity index is 1.86. The summed E-state index contributed by atoms with van der Waals surface area (Å²) in [4.78, 5) is 28.2. The van der Waals surface area contributed by atoms with Gasteiger partial charge in [0.15, 0.2) is 0 Å². The molecule has 0 spiro atoms. The van der Waals surface area contributed by atoms with Gasteiger partial charge in [0.25, 0.3) is 0 Å². The molecule has 1 aromatic heterocycles. The molecule has 2 rings (SSSR count). The molecule has 1 aromatic rings. The van der Waals surface area contributed by atoms with E-state index >= 15 is 0 Å². The summed E-state index contributed by atoms with van der Waals surface area (Å²) in [5, 5.41) is 14.4. The number of amides is 2. The van der Waals surface area contributed by atoms with Crippen LogP contribution in [-0.4, -0.2) is 40.1 Å². The standard InChI is InChI=1S/C11H15N3O3S/c1-2-8(9-12-3-4-18-9)13-11(17)14-5-7(6-14)10(15)16/h3-4,7-8H,2,5-6H2,1H3,(H,13,17)(H,15,16). The highest BCUT2D eigenvalue weighted by Gasteiger charge is 2.36. The first-order chi connectivity index (χ1) is 8.61. The van der Waals surface area contributed by atoms with Crippen molar-refractivity contribution < 1.29 is 14.7 Å². The maximum absolute atomic E-state index is 11.9. The van der Waals surface area contributed by atoms with Gasteiger partial charge in [-0.25, -0.2) is 9.78 Å². The third kappa shape index (κ3) is 2.61. The highest BCUT2D eigenvalue weighted by Crippen LogP contribution is 2.21. The van der Waals surface area contributed by atoms with Crippen LogP contribution >= 0.6 is 11.3 Å². The molecule has 6 nitrogen and oxygen atoms in total. The summed E-state index contributed by atoms with van der Waals surface area (Å²) in [6.07, 6.45) is 2.47. The average Bonchev–Trinajstić information content (AvgIpc) is 2.76. The molecule has 1 aliphatic heterocycles. The van der Waals surface area contributed by atoms with Gasteiger partial charge < -0.3 is 15.3 Å². The van der Waals surface area contributed by atoms with Gasteiger partial charge in [-0.3, -0.25) is 4.79 Å². The second-order valence-electron chi connectivity index (χ2n) is 4.22. The summed E-state index contributed by atoms with van der Waals surface area (Å²) in [5.74, 6) is -1.26. The van der Waals surface area contributed by atoms with Crippen LogP contribution in [0.3, 0.4) is 0 Å². The first kappa shape index (κ1) is 12.8. The lowest BCUT2D eigenvalue weighted by molar-refractivity contribution is -0.146. The van der Waals surface area contributed by atoms with Crippen molar-refractivity contribution in [1.29, 1.82) is 0 Å². The SMILES string of the molecule is CCC(NC(=O)N1CC(C(=O)O)C1)c1nccs1. The van der Waals surface area contributed by atoms with E-state index in [-0.39, 0.29) is 25.2 Å². The largest absolute Gasteiger partial charge is 0.481 e. The summed E-state index contributed by atoms with van der Waals surface area (Å²) in [5.41, 5.74) is 0. The van der Waals surface area contributed by atoms with E-state index < -0.39 is 11.9 Å². The molecule has 2 amide bonds. The van der Waals surface area contributed by atoms with Gasteiger partial charge in [-0.15, -0.1) is 11.3 Å². The van der Waals surface area contributed by atoms with Crippen LogP contribution in [0.5, 0.6) is 0 Å². The van der Waals surface area contributed by atoms with E-state index in [1.165, 1.54) is 16.2 Å². The number of carbonyl (C=O) groups excluding carboxylic acids is 1. The normalized spacial score (nSPS) is 17.1. The van der Waals surface area contributed by atoms with E-state index in [1.807, 2.05) is 12.3 Å². The maximum Gasteiger partial charge on any atom is 0.318 e. The lowest BCUT2D eigenvalue weighted by Gasteiger charge is -2.37. The number of hydrogen-bond acceptors (Lipinski definition) is 4. The number of likely N-dealkylation sites (tertiary alicyclic amines) is 1. The van der Waals surface area contributed by atoms with Crippen molar-refractivity contribution in [2.75, 3.05) is 13.1 Å². The molecule has 1 fully saturated rings. The number of nitrogens with one attached hydrogen (secondary N) is 1. The van der Waals surface area contributed by atoms with Crippen LogP contribution in [0, 0.1) is 5.92 Å². The monoisotopic (exact) mass is 269 g/mol. The van der Waals surface area contributed by atoms with Gasteiger partial charge in [-0.1, -0.05) is 6.92 Å². The number of carboxylic acid groups (broad SMARTS) is 1. The molecule has 0 saturated carbocycles. The summed E-state index contributed by atoms with van der Waals surface area (Å²) < 4.78 is 0. The van der Waals surface area contributed by atoms with E-state index in [4.69, 9.17) is 5.11 Å². The van der Waals surface area contributed by atoms with E-state index in [0.717, 1.165) is 11.4 Å². The van der Waals surface area contributed by atoms with Gasteiger partial charge >= 0.3 is 12.0 Å². The van der Waals surface area contributed by atoms with Crippen LogP contribution in [0.4, 0.5) is 4.79 Å². The number of rotatable bonds is 4. The number of carbonyl (C=O) groups is 2. The minimum Gasteiger partial charge on any atom is -0.481 e. The Hall–Kier alpha value is -1.63. The second-order valence-corrected chi connectivity index (χ2v) is 5.15. The molecule has 7 heteroatoms. The molecule has 0 radical (unpaired) electrons. The van der Waals surface area contributed by atoms with Crippen LogP contribution in [0.15, 0.2) is 11.6 Å². The van der Waals surface area contributed by atoms with Crippen LogP contribution in [0.2, 0.25) is 0 Å². The van der Waals surface area contributed by atoms with Crippen molar-refractivity contribution in [3.8, 4) is 0 Å². The molecule has 2 heterocycles. The molecule has 2 N–H and O–H groups in total. The summed E-state index contributed by atoms with van der Waals surface area (Å²) in [6, 6.07) is -0.309. The quantitative estimate of drug-likeness (QED) is 0.863. The first-order valence-corrected chi connectivity index (χ1v) is 6.67. The van der Waals surface area contributed by atoms with Crippen molar-refractivity contribution in [1.82, 2.24) is 15.2 Å². The molecule has 1 atom stereocenters. The zero-order chi connectivity index (χ0) is 13.1. The number of aliphatic carboxylic acids is 1. The second kappa shape index (κ2) is 5.34. The van der Waals surface area contributed by atoms with Crippen molar-refractivity contribution in [2.45, 2.75) is 19.4 Å². The molecule has 0 aromatic carbocycles. The fourth-order valence-electron chi connectivity index (χ4n) is 1.79. The van der Waals surface area contributed by atoms with E-state index in [9.17, 15) is 9.59 Å². The smallest absolute Gasteiger partial charge is 0.318 e. The number of nitrogens with zero attached hydrogens (tertiary/aromatic N) is 2. The van der Waals surface area contributed by atoms with Gasteiger partial charge in [0.2, 0.25) is 0 Å². The average molecular weight is 269 g/mol. The minimum absolute atomic E-state index is 0.0959. The number of hydrogen-bond donors (Lipinski definition) is 2. The number of thiazole rings is 1. The zero-order valence-corrected chi connectivity index (χ0v) is 10.8. The topological polar surface area (TPSA) is 82.5 Å². The maximum atomic E-state index is 11.9. The Morgan fingerprint density at radius 3 is 2.89 bits per heavy atom. The predicted octanol–water partition coefficient (Wildman–Crippen LogP) is 1.32. The first-order valence-electron chi connectivity index (χ1n) is 5.79. The van der Waals surface area contributed by atoms with E-state index in [0.29, 0.717) is 0 Å². The van der Waals surface area contributed by atoms with Gasteiger partial charge in [0.1, 0.15) is 5.01 Å². The number of aromatic nitrogens is 1. The van der Waals surface area contributed by atoms with Gasteiger partial charge in [-0.05, 0) is 6.42 Å².